The van der Waals surface area contributed by atoms with Crippen molar-refractivity contribution in [3.05, 3.63) is 10.4 Å². The molecule has 0 fully saturated rings. The third-order valence-corrected chi connectivity index (χ3v) is 2.35. The second kappa shape index (κ2) is 2.94. The Hall–Kier alpha value is -0.680. The monoisotopic (exact) mass is 173 g/mol. The van der Waals surface area contributed by atoms with Crippen molar-refractivity contribution in [1.29, 1.82) is 0 Å². The predicted molar refractivity (Wildman–Crippen MR) is 47.3 cm³/mol. The van der Waals surface area contributed by atoms with Gasteiger partial charge in [-0.2, -0.15) is 0 Å². The number of nitrogens with two attached hydrogens (primary N) is 1. The van der Waals surface area contributed by atoms with Gasteiger partial charge in [0, 0.05) is 12.4 Å². The molecule has 54 valence electrons. The van der Waals surface area contributed by atoms with Gasteiger partial charge in [0.2, 0.25) is 0 Å². The topological polar surface area (TPSA) is 50.9 Å². The van der Waals surface area contributed by atoms with Crippen LogP contribution in [0.4, 0.5) is 5.82 Å². The first kappa shape index (κ1) is 7.43. The SMILES string of the molecule is CNC(=S)c1nc(N)cs1. The molecule has 0 radical (unpaired) electrons. The molecule has 3 nitrogen and oxygen atoms in total. The van der Waals surface area contributed by atoms with E-state index in [-0.39, 0.29) is 0 Å². The number of rotatable bonds is 1. The molecule has 10 heavy (non-hydrogen) atoms. The first-order chi connectivity index (χ1) is 4.74. The number of nitrogens with one attached hydrogen (secondary N) is 1. The lowest BCUT2D eigenvalue weighted by atomic mass is 10.6. The van der Waals surface area contributed by atoms with E-state index in [0.717, 1.165) is 5.01 Å². The maximum atomic E-state index is 5.38. The standard InChI is InChI=1S/C5H7N3S2/c1-7-4(9)5-8-3(6)2-10-5/h2H,6H2,1H3,(H,7,9). The highest BCUT2D eigenvalue weighted by molar-refractivity contribution is 7.81. The van der Waals surface area contributed by atoms with E-state index in [1.54, 1.807) is 12.4 Å². The molecule has 0 atom stereocenters. The van der Waals surface area contributed by atoms with E-state index in [1.807, 2.05) is 0 Å². The molecule has 0 amide bonds. The molecule has 0 aliphatic carbocycles. The summed E-state index contributed by atoms with van der Waals surface area (Å²) in [5.41, 5.74) is 5.38. The van der Waals surface area contributed by atoms with Gasteiger partial charge in [-0.1, -0.05) is 12.2 Å². The minimum Gasteiger partial charge on any atom is -0.383 e. The molecule has 1 aromatic heterocycles. The van der Waals surface area contributed by atoms with Crippen molar-refractivity contribution in [3.8, 4) is 0 Å². The highest BCUT2D eigenvalue weighted by atomic mass is 32.1. The van der Waals surface area contributed by atoms with Gasteiger partial charge in [0.05, 0.1) is 0 Å². The fourth-order valence-electron chi connectivity index (χ4n) is 0.497. The maximum absolute atomic E-state index is 5.38. The highest BCUT2D eigenvalue weighted by Crippen LogP contribution is 2.10. The van der Waals surface area contributed by atoms with Crippen molar-refractivity contribution in [3.63, 3.8) is 0 Å². The molecule has 0 saturated heterocycles. The fourth-order valence-corrected chi connectivity index (χ4v) is 1.34. The van der Waals surface area contributed by atoms with E-state index in [0.29, 0.717) is 10.8 Å². The van der Waals surface area contributed by atoms with Gasteiger partial charge in [0.1, 0.15) is 10.8 Å². The van der Waals surface area contributed by atoms with Crippen LogP contribution in [0.2, 0.25) is 0 Å². The van der Waals surface area contributed by atoms with Gasteiger partial charge < -0.3 is 11.1 Å². The van der Waals surface area contributed by atoms with Gasteiger partial charge in [0.15, 0.2) is 5.01 Å². The number of aromatic nitrogens is 1. The van der Waals surface area contributed by atoms with Crippen LogP contribution in [0.15, 0.2) is 5.38 Å². The van der Waals surface area contributed by atoms with E-state index in [9.17, 15) is 0 Å². The number of anilines is 1. The molecule has 0 aliphatic heterocycles. The average molecular weight is 173 g/mol. The minimum atomic E-state index is 0.526. The second-order valence-electron chi connectivity index (χ2n) is 1.66. The Labute approximate surface area is 68.3 Å². The zero-order valence-corrected chi connectivity index (χ0v) is 7.05. The number of hydrogen-bond donors (Lipinski definition) is 2. The van der Waals surface area contributed by atoms with E-state index in [1.165, 1.54) is 11.3 Å². The smallest absolute Gasteiger partial charge is 0.153 e. The quantitative estimate of drug-likeness (QED) is 0.611. The first-order valence-corrected chi connectivity index (χ1v) is 3.96. The van der Waals surface area contributed by atoms with Crippen molar-refractivity contribution in [2.75, 3.05) is 12.8 Å². The van der Waals surface area contributed by atoms with Crippen LogP contribution in [0.3, 0.4) is 0 Å². The zero-order valence-electron chi connectivity index (χ0n) is 5.42. The molecule has 1 rings (SSSR count). The molecule has 1 aromatic rings. The molecule has 0 aliphatic rings. The Morgan fingerprint density at radius 1 is 1.90 bits per heavy atom. The summed E-state index contributed by atoms with van der Waals surface area (Å²) in [5, 5.41) is 5.35. The van der Waals surface area contributed by atoms with Crippen molar-refractivity contribution in [1.82, 2.24) is 10.3 Å². The third-order valence-electron chi connectivity index (χ3n) is 0.943. The lowest BCUT2D eigenvalue weighted by Crippen LogP contribution is -2.15. The molecule has 0 bridgehead atoms. The van der Waals surface area contributed by atoms with E-state index >= 15 is 0 Å². The summed E-state index contributed by atoms with van der Waals surface area (Å²) in [4.78, 5) is 4.61. The van der Waals surface area contributed by atoms with Gasteiger partial charge in [-0.25, -0.2) is 4.98 Å². The van der Waals surface area contributed by atoms with Crippen LogP contribution < -0.4 is 11.1 Å². The highest BCUT2D eigenvalue weighted by Gasteiger charge is 2.01. The Balaban J connectivity index is 2.85. The molecule has 0 unspecified atom stereocenters. The summed E-state index contributed by atoms with van der Waals surface area (Å²) >= 11 is 6.36. The first-order valence-electron chi connectivity index (χ1n) is 2.67. The van der Waals surface area contributed by atoms with Crippen molar-refractivity contribution in [2.24, 2.45) is 0 Å². The molecule has 0 saturated carbocycles. The molecular formula is C5H7N3S2. The van der Waals surface area contributed by atoms with Crippen molar-refractivity contribution >= 4 is 34.4 Å². The van der Waals surface area contributed by atoms with Gasteiger partial charge >= 0.3 is 0 Å². The van der Waals surface area contributed by atoms with E-state index in [2.05, 4.69) is 10.3 Å². The summed E-state index contributed by atoms with van der Waals surface area (Å²) in [6.07, 6.45) is 0. The lowest BCUT2D eigenvalue weighted by molar-refractivity contribution is 1.19. The summed E-state index contributed by atoms with van der Waals surface area (Å²) < 4.78 is 0. The van der Waals surface area contributed by atoms with Crippen LogP contribution in [-0.4, -0.2) is 17.0 Å². The van der Waals surface area contributed by atoms with E-state index in [4.69, 9.17) is 18.0 Å². The van der Waals surface area contributed by atoms with Gasteiger partial charge in [-0.15, -0.1) is 11.3 Å². The molecule has 1 heterocycles. The van der Waals surface area contributed by atoms with Crippen molar-refractivity contribution < 1.29 is 0 Å². The van der Waals surface area contributed by atoms with Crippen LogP contribution in [0.1, 0.15) is 5.01 Å². The largest absolute Gasteiger partial charge is 0.383 e. The minimum absolute atomic E-state index is 0.526. The molecule has 0 aromatic carbocycles. The summed E-state index contributed by atoms with van der Waals surface area (Å²) in [6, 6.07) is 0. The molecular weight excluding hydrogens is 166 g/mol. The Bertz CT molecular complexity index is 243. The maximum Gasteiger partial charge on any atom is 0.153 e. The molecule has 5 heteroatoms. The predicted octanol–water partition coefficient (Wildman–Crippen LogP) is 0.620. The Morgan fingerprint density at radius 3 is 3.00 bits per heavy atom. The zero-order chi connectivity index (χ0) is 7.56. The van der Waals surface area contributed by atoms with Crippen LogP contribution >= 0.6 is 23.6 Å². The number of thiocarbonyl (C=S) groups is 1. The second-order valence-corrected chi connectivity index (χ2v) is 2.92. The number of nitrogens with zero attached hydrogens (tertiary/aromatic N) is 1. The Kier molecular flexibility index (Phi) is 2.18. The number of nitrogen functional groups attached to an aromatic ring is 1. The molecule has 0 spiro atoms. The third kappa shape index (κ3) is 1.43. The normalized spacial score (nSPS) is 9.30. The van der Waals surface area contributed by atoms with Gasteiger partial charge in [-0.3, -0.25) is 0 Å². The fraction of sp³-hybridized carbons (Fsp3) is 0.200. The number of hydrogen-bond acceptors (Lipinski definition) is 4. The number of thiazole rings is 1. The van der Waals surface area contributed by atoms with E-state index < -0.39 is 0 Å². The summed E-state index contributed by atoms with van der Waals surface area (Å²) in [5.74, 6) is 0.526. The lowest BCUT2D eigenvalue weighted by Gasteiger charge is -1.93. The van der Waals surface area contributed by atoms with Crippen molar-refractivity contribution in [2.45, 2.75) is 0 Å². The van der Waals surface area contributed by atoms with Gasteiger partial charge in [0.25, 0.3) is 0 Å². The van der Waals surface area contributed by atoms with Crippen LogP contribution in [0.25, 0.3) is 0 Å². The average Bonchev–Trinajstić information content (AvgIpc) is 2.34. The van der Waals surface area contributed by atoms with Gasteiger partial charge in [-0.05, 0) is 0 Å². The van der Waals surface area contributed by atoms with Crippen LogP contribution in [0, 0.1) is 0 Å². The summed E-state index contributed by atoms with van der Waals surface area (Å²) in [7, 11) is 1.76. The van der Waals surface area contributed by atoms with Crippen LogP contribution in [0.5, 0.6) is 0 Å². The Morgan fingerprint density at radius 2 is 2.60 bits per heavy atom. The molecule has 3 N–H and O–H groups in total. The summed E-state index contributed by atoms with van der Waals surface area (Å²) in [6.45, 7) is 0. The van der Waals surface area contributed by atoms with Crippen LogP contribution in [-0.2, 0) is 0 Å².